The number of carbonyl (C=O) groups is 1. The molecule has 1 aromatic heterocycles. The second-order valence-corrected chi connectivity index (χ2v) is 3.54. The van der Waals surface area contributed by atoms with Crippen molar-refractivity contribution in [1.29, 1.82) is 0 Å². The summed E-state index contributed by atoms with van der Waals surface area (Å²) in [5.41, 5.74) is -1.59. The molecule has 0 saturated carbocycles. The number of hydrogen-bond acceptors (Lipinski definition) is 4. The molecule has 1 unspecified atom stereocenters. The second-order valence-electron chi connectivity index (χ2n) is 2.69. The van der Waals surface area contributed by atoms with E-state index in [1.54, 1.807) is 0 Å². The topological polar surface area (TPSA) is 102 Å². The van der Waals surface area contributed by atoms with Gasteiger partial charge in [-0.1, -0.05) is 0 Å². The molecule has 0 aliphatic carbocycles. The highest BCUT2D eigenvalue weighted by molar-refractivity contribution is 9.10. The summed E-state index contributed by atoms with van der Waals surface area (Å²) in [7, 11) is 0. The Bertz CT molecular complexity index is 514. The number of carboxylic acids is 1. The molecule has 0 aromatic carbocycles. The number of rotatable bonds is 3. The molecule has 0 aliphatic heterocycles. The molecule has 86 valence electrons. The summed E-state index contributed by atoms with van der Waals surface area (Å²) < 4.78 is 12.9. The molecule has 16 heavy (non-hydrogen) atoms. The molecular formula is C7H4BrFN2O5. The average molecular weight is 295 g/mol. The van der Waals surface area contributed by atoms with Gasteiger partial charge in [0.05, 0.1) is 15.6 Å². The molecule has 0 saturated heterocycles. The molecule has 0 aliphatic rings. The van der Waals surface area contributed by atoms with E-state index in [1.165, 1.54) is 0 Å². The fourth-order valence-corrected chi connectivity index (χ4v) is 1.38. The lowest BCUT2D eigenvalue weighted by atomic mass is 10.4. The van der Waals surface area contributed by atoms with E-state index in [4.69, 9.17) is 5.11 Å². The zero-order chi connectivity index (χ0) is 12.5. The van der Waals surface area contributed by atoms with E-state index in [0.29, 0.717) is 6.20 Å². The average Bonchev–Trinajstić information content (AvgIpc) is 2.20. The van der Waals surface area contributed by atoms with Crippen molar-refractivity contribution in [3.8, 4) is 0 Å². The summed E-state index contributed by atoms with van der Waals surface area (Å²) in [5, 5.41) is 18.8. The Hall–Kier alpha value is -1.77. The Kier molecular flexibility index (Phi) is 3.38. The van der Waals surface area contributed by atoms with Crippen molar-refractivity contribution in [2.45, 2.75) is 6.30 Å². The Morgan fingerprint density at radius 2 is 2.25 bits per heavy atom. The molecule has 1 rings (SSSR count). The quantitative estimate of drug-likeness (QED) is 0.663. The third-order valence-electron chi connectivity index (χ3n) is 1.64. The smallest absolute Gasteiger partial charge is 0.360 e. The van der Waals surface area contributed by atoms with Crippen molar-refractivity contribution in [1.82, 2.24) is 4.57 Å². The number of hydrogen-bond donors (Lipinski definition) is 1. The summed E-state index contributed by atoms with van der Waals surface area (Å²) in [6, 6.07) is 0.868. The predicted molar refractivity (Wildman–Crippen MR) is 52.8 cm³/mol. The van der Waals surface area contributed by atoms with Gasteiger partial charge >= 0.3 is 5.97 Å². The van der Waals surface area contributed by atoms with Crippen LogP contribution in [0.25, 0.3) is 0 Å². The minimum Gasteiger partial charge on any atom is -0.478 e. The maximum Gasteiger partial charge on any atom is 0.360 e. The van der Waals surface area contributed by atoms with Gasteiger partial charge in [0, 0.05) is 6.07 Å². The van der Waals surface area contributed by atoms with Crippen molar-refractivity contribution in [3.05, 3.63) is 37.2 Å². The molecule has 0 fully saturated rings. The number of nitrogens with zero attached hydrogens (tertiary/aromatic N) is 2. The van der Waals surface area contributed by atoms with Crippen molar-refractivity contribution in [3.63, 3.8) is 0 Å². The van der Waals surface area contributed by atoms with Crippen molar-refractivity contribution in [2.75, 3.05) is 0 Å². The molecule has 9 heteroatoms. The molecule has 1 N–H and O–H groups in total. The van der Waals surface area contributed by atoms with Crippen LogP contribution >= 0.6 is 15.9 Å². The van der Waals surface area contributed by atoms with Crippen molar-refractivity contribution in [2.24, 2.45) is 0 Å². The fourth-order valence-electron chi connectivity index (χ4n) is 0.941. The van der Waals surface area contributed by atoms with Gasteiger partial charge < -0.3 is 5.11 Å². The number of alkyl halides is 1. The summed E-state index contributed by atoms with van der Waals surface area (Å²) in [6.07, 6.45) is -2.13. The molecule has 7 nitrogen and oxygen atoms in total. The molecule has 0 spiro atoms. The number of aromatic nitrogens is 1. The predicted octanol–water partition coefficient (Wildman–Crippen LogP) is 1.07. The van der Waals surface area contributed by atoms with Gasteiger partial charge in [-0.15, -0.1) is 0 Å². The first-order valence-corrected chi connectivity index (χ1v) is 4.57. The van der Waals surface area contributed by atoms with E-state index in [1.807, 2.05) is 0 Å². The van der Waals surface area contributed by atoms with Crippen LogP contribution in [0, 0.1) is 10.1 Å². The van der Waals surface area contributed by atoms with Crippen LogP contribution in [0.1, 0.15) is 6.30 Å². The van der Waals surface area contributed by atoms with Crippen LogP contribution in [0.4, 0.5) is 10.1 Å². The second kappa shape index (κ2) is 4.39. The van der Waals surface area contributed by atoms with Crippen LogP contribution in [-0.2, 0) is 4.79 Å². The van der Waals surface area contributed by atoms with E-state index in [-0.39, 0.29) is 9.04 Å². The standard InChI is InChI=1S/C7H4BrFN2O5/c8-4-1-3(11(15)16)2-10(6(4)12)5(9)7(13)14/h1-2,5H,(H,13,14). The van der Waals surface area contributed by atoms with Gasteiger partial charge in [-0.05, 0) is 15.9 Å². The maximum absolute atomic E-state index is 13.1. The summed E-state index contributed by atoms with van der Waals surface area (Å²) in [6.45, 7) is 0. The zero-order valence-corrected chi connectivity index (χ0v) is 9.05. The van der Waals surface area contributed by atoms with Crippen molar-refractivity contribution < 1.29 is 19.2 Å². The molecule has 1 aromatic rings. The first-order chi connectivity index (χ1) is 7.34. The SMILES string of the molecule is O=C(O)C(F)n1cc([N+](=O)[O-])cc(Br)c1=O. The van der Waals surface area contributed by atoms with E-state index in [0.717, 1.165) is 6.07 Å². The third kappa shape index (κ3) is 2.24. The van der Waals surface area contributed by atoms with Crippen LogP contribution < -0.4 is 5.56 Å². The van der Waals surface area contributed by atoms with Gasteiger partial charge in [0.25, 0.3) is 17.5 Å². The Morgan fingerprint density at radius 1 is 1.69 bits per heavy atom. The highest BCUT2D eigenvalue weighted by Gasteiger charge is 2.23. The minimum atomic E-state index is -2.66. The molecular weight excluding hydrogens is 291 g/mol. The lowest BCUT2D eigenvalue weighted by molar-refractivity contribution is -0.385. The summed E-state index contributed by atoms with van der Waals surface area (Å²) in [5.74, 6) is -1.91. The van der Waals surface area contributed by atoms with Crippen molar-refractivity contribution >= 4 is 27.6 Å². The highest BCUT2D eigenvalue weighted by atomic mass is 79.9. The number of nitro groups is 1. The highest BCUT2D eigenvalue weighted by Crippen LogP contribution is 2.17. The fraction of sp³-hybridized carbons (Fsp3) is 0.143. The molecule has 0 bridgehead atoms. The zero-order valence-electron chi connectivity index (χ0n) is 7.46. The molecule has 0 amide bonds. The Labute approximate surface area is 95.4 Å². The number of carboxylic acid groups (broad SMARTS) is 1. The molecule has 0 radical (unpaired) electrons. The minimum absolute atomic E-state index is 0.130. The lowest BCUT2D eigenvalue weighted by Gasteiger charge is -2.07. The van der Waals surface area contributed by atoms with Gasteiger partial charge in [-0.2, -0.15) is 0 Å². The van der Waals surface area contributed by atoms with Gasteiger partial charge in [-0.3, -0.25) is 19.5 Å². The van der Waals surface area contributed by atoms with Crippen LogP contribution in [0.5, 0.6) is 0 Å². The van der Waals surface area contributed by atoms with Gasteiger partial charge in [0.15, 0.2) is 0 Å². The Balaban J connectivity index is 3.44. The molecule has 1 atom stereocenters. The largest absolute Gasteiger partial charge is 0.478 e. The van der Waals surface area contributed by atoms with Crippen LogP contribution in [-0.4, -0.2) is 20.6 Å². The normalized spacial score (nSPS) is 12.1. The lowest BCUT2D eigenvalue weighted by Crippen LogP contribution is -2.27. The monoisotopic (exact) mass is 294 g/mol. The van der Waals surface area contributed by atoms with E-state index in [9.17, 15) is 24.1 Å². The van der Waals surface area contributed by atoms with E-state index >= 15 is 0 Å². The van der Waals surface area contributed by atoms with Gasteiger partial charge in [-0.25, -0.2) is 9.18 Å². The first kappa shape index (κ1) is 12.3. The first-order valence-electron chi connectivity index (χ1n) is 3.77. The Morgan fingerprint density at radius 3 is 2.69 bits per heavy atom. The third-order valence-corrected chi connectivity index (χ3v) is 2.21. The number of pyridine rings is 1. The number of halogens is 2. The molecule has 1 heterocycles. The van der Waals surface area contributed by atoms with E-state index < -0.39 is 28.4 Å². The van der Waals surface area contributed by atoms with Gasteiger partial charge in [0.2, 0.25) is 0 Å². The van der Waals surface area contributed by atoms with Crippen LogP contribution in [0.2, 0.25) is 0 Å². The van der Waals surface area contributed by atoms with Crippen LogP contribution in [0.15, 0.2) is 21.5 Å². The summed E-state index contributed by atoms with van der Waals surface area (Å²) in [4.78, 5) is 31.1. The summed E-state index contributed by atoms with van der Waals surface area (Å²) >= 11 is 2.69. The van der Waals surface area contributed by atoms with Gasteiger partial charge in [0.1, 0.15) is 0 Å². The number of aliphatic carboxylic acids is 1. The van der Waals surface area contributed by atoms with Crippen LogP contribution in [0.3, 0.4) is 0 Å². The maximum atomic E-state index is 13.1. The van der Waals surface area contributed by atoms with E-state index in [2.05, 4.69) is 15.9 Å².